The van der Waals surface area contributed by atoms with E-state index in [1.165, 1.54) is 31.3 Å². The number of carbonyl (C=O) groups is 4. The first-order valence-electron chi connectivity index (χ1n) is 12.2. The van der Waals surface area contributed by atoms with Crippen molar-refractivity contribution in [3.05, 3.63) is 71.4 Å². The average Bonchev–Trinajstić information content (AvgIpc) is 2.91. The largest absolute Gasteiger partial charge is 0.345 e. The van der Waals surface area contributed by atoms with Crippen molar-refractivity contribution in [2.24, 2.45) is 0 Å². The number of hydrogen-bond acceptors (Lipinski definition) is 4. The number of amides is 5. The lowest BCUT2D eigenvalue weighted by molar-refractivity contribution is -0.135. The lowest BCUT2D eigenvalue weighted by Gasteiger charge is -2.40. The van der Waals surface area contributed by atoms with Crippen LogP contribution in [-0.2, 0) is 20.9 Å². The van der Waals surface area contributed by atoms with E-state index in [2.05, 4.69) is 5.32 Å². The molecule has 0 spiro atoms. The van der Waals surface area contributed by atoms with Gasteiger partial charge in [-0.15, -0.1) is 0 Å². The van der Waals surface area contributed by atoms with Gasteiger partial charge in [0, 0.05) is 51.7 Å². The lowest BCUT2D eigenvalue weighted by atomic mass is 10.0. The molecule has 0 radical (unpaired) electrons. The molecule has 0 unspecified atom stereocenters. The van der Waals surface area contributed by atoms with Gasteiger partial charge in [0.25, 0.3) is 5.91 Å². The van der Waals surface area contributed by atoms with E-state index >= 15 is 0 Å². The second kappa shape index (κ2) is 11.4. The maximum absolute atomic E-state index is 13.8. The van der Waals surface area contributed by atoms with Crippen molar-refractivity contribution >= 4 is 35.5 Å². The van der Waals surface area contributed by atoms with Crippen molar-refractivity contribution in [3.8, 4) is 0 Å². The van der Waals surface area contributed by atoms with Gasteiger partial charge in [-0.1, -0.05) is 24.3 Å². The molecular weight excluding hydrogens is 496 g/mol. The Morgan fingerprint density at radius 2 is 1.79 bits per heavy atom. The quantitative estimate of drug-likeness (QED) is 0.445. The molecule has 4 rings (SSSR count). The molecule has 2 aromatic rings. The fourth-order valence-electron chi connectivity index (χ4n) is 4.64. The van der Waals surface area contributed by atoms with Gasteiger partial charge in [0.05, 0.1) is 5.57 Å². The van der Waals surface area contributed by atoms with Crippen LogP contribution in [0.1, 0.15) is 24.0 Å². The minimum absolute atomic E-state index is 0.0350. The van der Waals surface area contributed by atoms with Gasteiger partial charge in [-0.05, 0) is 42.2 Å². The fourth-order valence-corrected chi connectivity index (χ4v) is 4.64. The Kier molecular flexibility index (Phi) is 8.04. The summed E-state index contributed by atoms with van der Waals surface area (Å²) in [5.41, 5.74) is 1.84. The van der Waals surface area contributed by atoms with Crippen LogP contribution in [-0.4, -0.2) is 83.6 Å². The summed E-state index contributed by atoms with van der Waals surface area (Å²) in [6.07, 6.45) is 2.74. The van der Waals surface area contributed by atoms with Crippen LogP contribution in [0.3, 0.4) is 0 Å². The second-order valence-corrected chi connectivity index (χ2v) is 9.48. The van der Waals surface area contributed by atoms with Crippen molar-refractivity contribution in [1.29, 1.82) is 0 Å². The molecule has 2 heterocycles. The summed E-state index contributed by atoms with van der Waals surface area (Å²) in [7, 11) is 2.97. The topological polar surface area (TPSA) is 93.3 Å². The van der Waals surface area contributed by atoms with Crippen molar-refractivity contribution in [2.45, 2.75) is 25.4 Å². The molecule has 5 amide bonds. The summed E-state index contributed by atoms with van der Waals surface area (Å²) in [6, 6.07) is 10.4. The van der Waals surface area contributed by atoms with E-state index in [-0.39, 0.29) is 35.7 Å². The van der Waals surface area contributed by atoms with Gasteiger partial charge in [-0.25, -0.2) is 13.6 Å². The molecule has 9 nitrogen and oxygen atoms in total. The minimum Gasteiger partial charge on any atom is -0.345 e. The first kappa shape index (κ1) is 26.8. The highest BCUT2D eigenvalue weighted by atomic mass is 19.2. The van der Waals surface area contributed by atoms with Gasteiger partial charge in [0.1, 0.15) is 6.54 Å². The number of hydrogen-bond donors (Lipinski definition) is 1. The number of fused-ring (bicyclic) bond motifs is 1. The normalized spacial score (nSPS) is 16.0. The van der Waals surface area contributed by atoms with E-state index in [9.17, 15) is 28.0 Å². The molecule has 2 aliphatic rings. The number of nitrogens with one attached hydrogen (secondary N) is 1. The number of halogens is 2. The van der Waals surface area contributed by atoms with E-state index in [0.717, 1.165) is 28.3 Å². The zero-order valence-corrected chi connectivity index (χ0v) is 21.2. The Labute approximate surface area is 219 Å². The molecule has 1 N–H and O–H groups in total. The molecule has 2 aliphatic heterocycles. The predicted octanol–water partition coefficient (Wildman–Crippen LogP) is 2.89. The number of urea groups is 1. The van der Waals surface area contributed by atoms with Crippen LogP contribution in [0.5, 0.6) is 0 Å². The lowest BCUT2D eigenvalue weighted by Crippen LogP contribution is -2.52. The summed E-state index contributed by atoms with van der Waals surface area (Å²) >= 11 is 0. The number of nitrogens with zero attached hydrogens (tertiary/aromatic N) is 4. The van der Waals surface area contributed by atoms with E-state index in [1.54, 1.807) is 9.80 Å². The highest BCUT2D eigenvalue weighted by Crippen LogP contribution is 2.27. The summed E-state index contributed by atoms with van der Waals surface area (Å²) < 4.78 is 27.3. The molecule has 0 bridgehead atoms. The number of likely N-dealkylation sites (tertiary alicyclic amines) is 1. The van der Waals surface area contributed by atoms with Gasteiger partial charge >= 0.3 is 6.03 Å². The third kappa shape index (κ3) is 5.82. The molecule has 0 aliphatic carbocycles. The summed E-state index contributed by atoms with van der Waals surface area (Å²) in [6.45, 7) is 0.965. The highest BCUT2D eigenvalue weighted by molar-refractivity contribution is 6.19. The Bertz CT molecular complexity index is 1270. The van der Waals surface area contributed by atoms with E-state index in [0.29, 0.717) is 38.9 Å². The van der Waals surface area contributed by atoms with E-state index in [4.69, 9.17) is 0 Å². The minimum atomic E-state index is -1.14. The molecule has 11 heteroatoms. The Hall–Kier alpha value is -4.28. The third-order valence-corrected chi connectivity index (χ3v) is 6.73. The standard InChI is InChI=1S/C27H29F2N5O4/c1-31(2)26(37)21(18-7-8-22(28)23(29)13-18)15-32(17-35)16-25(36)33-11-9-20(10-12-33)34-14-19-5-3-4-6-24(19)30-27(34)38/h3-8,13,15,17,20H,9-12,14,16H2,1-2H3,(H,30,38)/b21-15-. The number of para-hydroxylation sites is 1. The maximum Gasteiger partial charge on any atom is 0.322 e. The molecule has 200 valence electrons. The van der Waals surface area contributed by atoms with Crippen molar-refractivity contribution in [2.75, 3.05) is 39.0 Å². The maximum atomic E-state index is 13.8. The van der Waals surface area contributed by atoms with Crippen molar-refractivity contribution < 1.29 is 28.0 Å². The molecule has 0 atom stereocenters. The van der Waals surface area contributed by atoms with Crippen LogP contribution in [0.25, 0.3) is 5.57 Å². The van der Waals surface area contributed by atoms with Gasteiger partial charge in [-0.2, -0.15) is 0 Å². The first-order chi connectivity index (χ1) is 18.2. The Morgan fingerprint density at radius 1 is 1.08 bits per heavy atom. The fraction of sp³-hybridized carbons (Fsp3) is 0.333. The molecule has 38 heavy (non-hydrogen) atoms. The molecule has 1 fully saturated rings. The summed E-state index contributed by atoms with van der Waals surface area (Å²) in [5.74, 6) is -3.08. The van der Waals surface area contributed by atoms with E-state index in [1.807, 2.05) is 24.3 Å². The molecule has 2 aromatic carbocycles. The number of carbonyl (C=O) groups excluding carboxylic acids is 4. The number of piperidine rings is 1. The second-order valence-electron chi connectivity index (χ2n) is 9.48. The molecule has 0 aromatic heterocycles. The number of rotatable bonds is 7. The van der Waals surface area contributed by atoms with E-state index < -0.39 is 17.5 Å². The van der Waals surface area contributed by atoms with Crippen LogP contribution in [0.4, 0.5) is 19.3 Å². The number of benzene rings is 2. The average molecular weight is 526 g/mol. The van der Waals surface area contributed by atoms with Crippen LogP contribution in [0, 0.1) is 11.6 Å². The number of anilines is 1. The van der Waals surface area contributed by atoms with Gasteiger partial charge in [0.2, 0.25) is 12.3 Å². The molecular formula is C27H29F2N5O4. The molecule has 1 saturated heterocycles. The van der Waals surface area contributed by atoms with Crippen molar-refractivity contribution in [1.82, 2.24) is 19.6 Å². The van der Waals surface area contributed by atoms with Crippen LogP contribution >= 0.6 is 0 Å². The Balaban J connectivity index is 1.41. The summed E-state index contributed by atoms with van der Waals surface area (Å²) in [5, 5.41) is 2.91. The van der Waals surface area contributed by atoms with Gasteiger partial charge in [0.15, 0.2) is 11.6 Å². The smallest absolute Gasteiger partial charge is 0.322 e. The SMILES string of the molecule is CN(C)C(=O)/C(=C\N(C=O)CC(=O)N1CCC(N2Cc3ccccc3NC2=O)CC1)c1ccc(F)c(F)c1. The highest BCUT2D eigenvalue weighted by Gasteiger charge is 2.32. The first-order valence-corrected chi connectivity index (χ1v) is 12.2. The zero-order chi connectivity index (χ0) is 27.4. The van der Waals surface area contributed by atoms with Gasteiger partial charge in [-0.3, -0.25) is 14.4 Å². The number of likely N-dealkylation sites (N-methyl/N-ethyl adjacent to an activating group) is 1. The summed E-state index contributed by atoms with van der Waals surface area (Å²) in [4.78, 5) is 55.8. The zero-order valence-electron chi connectivity index (χ0n) is 21.2. The predicted molar refractivity (Wildman–Crippen MR) is 136 cm³/mol. The van der Waals surface area contributed by atoms with Gasteiger partial charge < -0.3 is 24.9 Å². The third-order valence-electron chi connectivity index (χ3n) is 6.73. The van der Waals surface area contributed by atoms with Crippen molar-refractivity contribution in [3.63, 3.8) is 0 Å². The van der Waals surface area contributed by atoms with Crippen LogP contribution in [0.2, 0.25) is 0 Å². The molecule has 0 saturated carbocycles. The van der Waals surface area contributed by atoms with Crippen LogP contribution < -0.4 is 5.32 Å². The monoisotopic (exact) mass is 525 g/mol. The Morgan fingerprint density at radius 3 is 2.45 bits per heavy atom. The van der Waals surface area contributed by atoms with Crippen LogP contribution in [0.15, 0.2) is 48.7 Å².